The molecule has 0 aliphatic heterocycles. The number of pyridine rings is 1. The van der Waals surface area contributed by atoms with Gasteiger partial charge < -0.3 is 0 Å². The van der Waals surface area contributed by atoms with Crippen LogP contribution < -0.4 is 0 Å². The first-order chi connectivity index (χ1) is 11.4. The molecule has 3 heteroatoms. The summed E-state index contributed by atoms with van der Waals surface area (Å²) >= 11 is 0. The number of benzene rings is 2. The van der Waals surface area contributed by atoms with E-state index in [0.29, 0.717) is 0 Å². The molecule has 3 nitrogen and oxygen atoms in total. The quantitative estimate of drug-likeness (QED) is 0.500. The molecule has 0 aliphatic carbocycles. The Hall–Kier alpha value is -3.38. The molecule has 0 radical (unpaired) electrons. The molecule has 0 aliphatic rings. The van der Waals surface area contributed by atoms with E-state index in [9.17, 15) is 0 Å². The van der Waals surface area contributed by atoms with Crippen LogP contribution in [0.5, 0.6) is 0 Å². The molecule has 2 heterocycles. The number of rotatable bonds is 1. The number of nitrogens with zero attached hydrogens (tertiary/aromatic N) is 3. The van der Waals surface area contributed by atoms with Crippen molar-refractivity contribution < 1.29 is 0 Å². The minimum absolute atomic E-state index is 0.737. The Morgan fingerprint density at radius 1 is 0.739 bits per heavy atom. The van der Waals surface area contributed by atoms with Gasteiger partial charge in [-0.25, -0.2) is 9.67 Å². The maximum atomic E-state index is 4.66. The number of fused-ring (bicyclic) bond motifs is 1. The summed E-state index contributed by atoms with van der Waals surface area (Å²) in [5.41, 5.74) is 3.50. The minimum Gasteiger partial charge on any atom is -0.236 e. The van der Waals surface area contributed by atoms with Crippen LogP contribution >= 0.6 is 0 Å². The minimum atomic E-state index is 0.737. The zero-order valence-electron chi connectivity index (χ0n) is 12.3. The number of para-hydroxylation sites is 1. The van der Waals surface area contributed by atoms with Gasteiger partial charge in [0.15, 0.2) is 5.65 Å². The van der Waals surface area contributed by atoms with Crippen molar-refractivity contribution in [2.45, 2.75) is 0 Å². The van der Waals surface area contributed by atoms with Crippen LogP contribution in [-0.4, -0.2) is 14.8 Å². The first kappa shape index (κ1) is 13.3. The third-order valence-electron chi connectivity index (χ3n) is 3.54. The highest BCUT2D eigenvalue weighted by atomic mass is 15.3. The van der Waals surface area contributed by atoms with Crippen molar-refractivity contribution in [2.75, 3.05) is 0 Å². The van der Waals surface area contributed by atoms with E-state index >= 15 is 0 Å². The summed E-state index contributed by atoms with van der Waals surface area (Å²) in [4.78, 5) is 4.47. The molecule has 2 aromatic heterocycles. The summed E-state index contributed by atoms with van der Waals surface area (Å²) in [6.45, 7) is 0. The monoisotopic (exact) mass is 295 g/mol. The summed E-state index contributed by atoms with van der Waals surface area (Å²) in [5.74, 6) is 6.34. The number of hydrogen-bond acceptors (Lipinski definition) is 2. The van der Waals surface area contributed by atoms with E-state index < -0.39 is 0 Å². The molecule has 0 N–H and O–H groups in total. The van der Waals surface area contributed by atoms with E-state index in [2.05, 4.69) is 21.9 Å². The molecular formula is C20H13N3. The Kier molecular flexibility index (Phi) is 3.34. The molecule has 4 rings (SSSR count). The average molecular weight is 295 g/mol. The van der Waals surface area contributed by atoms with Crippen molar-refractivity contribution >= 4 is 11.0 Å². The van der Waals surface area contributed by atoms with Gasteiger partial charge in [-0.15, -0.1) is 0 Å². The van der Waals surface area contributed by atoms with E-state index in [1.165, 1.54) is 0 Å². The molecule has 0 saturated heterocycles. The second kappa shape index (κ2) is 5.78. The van der Waals surface area contributed by atoms with Gasteiger partial charge >= 0.3 is 0 Å². The third kappa shape index (κ3) is 2.58. The molecule has 108 valence electrons. The van der Waals surface area contributed by atoms with E-state index in [1.807, 2.05) is 77.5 Å². The Bertz CT molecular complexity index is 1010. The highest BCUT2D eigenvalue weighted by Crippen LogP contribution is 2.19. The van der Waals surface area contributed by atoms with Crippen molar-refractivity contribution in [3.63, 3.8) is 0 Å². The van der Waals surface area contributed by atoms with Gasteiger partial charge in [0.1, 0.15) is 5.69 Å². The van der Waals surface area contributed by atoms with Gasteiger partial charge in [-0.3, -0.25) is 0 Å². The molecule has 0 bridgehead atoms. The van der Waals surface area contributed by atoms with E-state index in [-0.39, 0.29) is 0 Å². The van der Waals surface area contributed by atoms with Crippen LogP contribution in [0.3, 0.4) is 0 Å². The van der Waals surface area contributed by atoms with Crippen LogP contribution in [0.4, 0.5) is 0 Å². The molecule has 0 unspecified atom stereocenters. The van der Waals surface area contributed by atoms with Crippen molar-refractivity contribution in [1.82, 2.24) is 14.8 Å². The lowest BCUT2D eigenvalue weighted by Gasteiger charge is -2.00. The zero-order chi connectivity index (χ0) is 15.5. The van der Waals surface area contributed by atoms with E-state index in [0.717, 1.165) is 28.0 Å². The lowest BCUT2D eigenvalue weighted by Crippen LogP contribution is -1.97. The maximum Gasteiger partial charge on any atom is 0.164 e. The van der Waals surface area contributed by atoms with Crippen molar-refractivity contribution in [1.29, 1.82) is 0 Å². The third-order valence-corrected chi connectivity index (χ3v) is 3.54. The van der Waals surface area contributed by atoms with Crippen LogP contribution in [0, 0.1) is 11.8 Å². The molecule has 4 aromatic rings. The molecule has 23 heavy (non-hydrogen) atoms. The highest BCUT2D eigenvalue weighted by molar-refractivity contribution is 5.82. The van der Waals surface area contributed by atoms with Crippen LogP contribution in [0.25, 0.3) is 16.7 Å². The molecule has 0 atom stereocenters. The molecule has 0 spiro atoms. The van der Waals surface area contributed by atoms with Crippen LogP contribution in [0.15, 0.2) is 79.0 Å². The average Bonchev–Trinajstić information content (AvgIpc) is 3.01. The van der Waals surface area contributed by atoms with Gasteiger partial charge in [-0.1, -0.05) is 42.3 Å². The van der Waals surface area contributed by atoms with Gasteiger partial charge in [0.25, 0.3) is 0 Å². The van der Waals surface area contributed by atoms with E-state index in [1.54, 1.807) is 6.20 Å². The summed E-state index contributed by atoms with van der Waals surface area (Å²) < 4.78 is 1.84. The topological polar surface area (TPSA) is 30.7 Å². The molecule has 2 aromatic carbocycles. The molecule has 0 fully saturated rings. The summed E-state index contributed by atoms with van der Waals surface area (Å²) in [7, 11) is 0. The molecule has 0 amide bonds. The second-order valence-electron chi connectivity index (χ2n) is 5.09. The summed E-state index contributed by atoms with van der Waals surface area (Å²) in [6.07, 6.45) is 1.78. The number of aromatic nitrogens is 3. The van der Waals surface area contributed by atoms with Gasteiger partial charge in [-0.05, 0) is 42.3 Å². The fourth-order valence-electron chi connectivity index (χ4n) is 2.45. The lowest BCUT2D eigenvalue weighted by molar-refractivity contribution is 0.890. The van der Waals surface area contributed by atoms with Gasteiger partial charge in [0, 0.05) is 11.8 Å². The second-order valence-corrected chi connectivity index (χ2v) is 5.09. The lowest BCUT2D eigenvalue weighted by atomic mass is 10.2. The summed E-state index contributed by atoms with van der Waals surface area (Å²) in [5, 5.41) is 5.61. The van der Waals surface area contributed by atoms with E-state index in [4.69, 9.17) is 0 Å². The fourth-order valence-corrected chi connectivity index (χ4v) is 2.45. The van der Waals surface area contributed by atoms with Crippen LogP contribution in [-0.2, 0) is 0 Å². The zero-order valence-corrected chi connectivity index (χ0v) is 12.3. The smallest absolute Gasteiger partial charge is 0.164 e. The normalized spacial score (nSPS) is 10.3. The number of hydrogen-bond donors (Lipinski definition) is 0. The SMILES string of the molecule is C(#Cc1nn(-c2ccccc2)c2ncccc12)c1ccccc1. The molecule has 0 saturated carbocycles. The first-order valence-corrected chi connectivity index (χ1v) is 7.38. The summed E-state index contributed by atoms with van der Waals surface area (Å²) in [6, 6.07) is 23.8. The van der Waals surface area contributed by atoms with Crippen LogP contribution in [0.2, 0.25) is 0 Å². The standard InChI is InChI=1S/C20H13N3/c1-3-8-16(9-4-1)13-14-19-18-12-7-15-21-20(18)23(22-19)17-10-5-2-6-11-17/h1-12,15H. The largest absolute Gasteiger partial charge is 0.236 e. The Morgan fingerprint density at radius 3 is 2.26 bits per heavy atom. The van der Waals surface area contributed by atoms with Crippen molar-refractivity contribution in [3.05, 3.63) is 90.3 Å². The Morgan fingerprint density at radius 2 is 1.48 bits per heavy atom. The Labute approximate surface area is 134 Å². The maximum absolute atomic E-state index is 4.66. The Balaban J connectivity index is 1.87. The van der Waals surface area contributed by atoms with Gasteiger partial charge in [0.05, 0.1) is 11.1 Å². The molecular weight excluding hydrogens is 282 g/mol. The van der Waals surface area contributed by atoms with Gasteiger partial charge in [-0.2, -0.15) is 5.10 Å². The van der Waals surface area contributed by atoms with Crippen molar-refractivity contribution in [3.8, 4) is 17.5 Å². The van der Waals surface area contributed by atoms with Crippen molar-refractivity contribution in [2.24, 2.45) is 0 Å². The predicted octanol–water partition coefficient (Wildman–Crippen LogP) is 3.82. The highest BCUT2D eigenvalue weighted by Gasteiger charge is 2.10. The predicted molar refractivity (Wildman–Crippen MR) is 91.3 cm³/mol. The van der Waals surface area contributed by atoms with Crippen LogP contribution in [0.1, 0.15) is 11.3 Å². The fraction of sp³-hybridized carbons (Fsp3) is 0. The first-order valence-electron chi connectivity index (χ1n) is 7.38. The van der Waals surface area contributed by atoms with Gasteiger partial charge in [0.2, 0.25) is 0 Å².